The van der Waals surface area contributed by atoms with Crippen molar-refractivity contribution in [3.8, 4) is 0 Å². The zero-order chi connectivity index (χ0) is 28.1. The molecule has 0 radical (unpaired) electrons. The second-order valence-corrected chi connectivity index (χ2v) is 12.6. The first-order chi connectivity index (χ1) is 17.8. The molecule has 7 nitrogen and oxygen atoms in total. The summed E-state index contributed by atoms with van der Waals surface area (Å²) in [7, 11) is -4.32. The summed E-state index contributed by atoms with van der Waals surface area (Å²) in [6, 6.07) is 19.2. The molecule has 10 heteroatoms. The van der Waals surface area contributed by atoms with Gasteiger partial charge < -0.3 is 10.2 Å². The van der Waals surface area contributed by atoms with Gasteiger partial charge in [0.2, 0.25) is 11.8 Å². The van der Waals surface area contributed by atoms with Crippen LogP contribution in [0.4, 0.5) is 10.1 Å². The van der Waals surface area contributed by atoms with Crippen molar-refractivity contribution < 1.29 is 22.4 Å². The summed E-state index contributed by atoms with van der Waals surface area (Å²) < 4.78 is 43.7. The van der Waals surface area contributed by atoms with E-state index in [4.69, 9.17) is 0 Å². The predicted molar refractivity (Wildman–Crippen MR) is 149 cm³/mol. The second kappa shape index (κ2) is 12.1. The van der Waals surface area contributed by atoms with Crippen LogP contribution in [0.2, 0.25) is 0 Å². The van der Waals surface area contributed by atoms with E-state index >= 15 is 0 Å². The van der Waals surface area contributed by atoms with Crippen molar-refractivity contribution in [2.24, 2.45) is 0 Å². The van der Waals surface area contributed by atoms with Crippen LogP contribution in [0, 0.1) is 5.82 Å². The molecular formula is C28H31BrFN3O4S. The van der Waals surface area contributed by atoms with Crippen molar-refractivity contribution in [2.45, 2.75) is 50.7 Å². The van der Waals surface area contributed by atoms with Gasteiger partial charge in [-0.1, -0.05) is 58.4 Å². The lowest BCUT2D eigenvalue weighted by atomic mass is 10.1. The van der Waals surface area contributed by atoms with Gasteiger partial charge in [0.1, 0.15) is 18.4 Å². The van der Waals surface area contributed by atoms with Crippen molar-refractivity contribution in [1.82, 2.24) is 10.2 Å². The third kappa shape index (κ3) is 7.41. The van der Waals surface area contributed by atoms with Gasteiger partial charge in [-0.15, -0.1) is 0 Å². The molecule has 0 fully saturated rings. The Labute approximate surface area is 231 Å². The Balaban J connectivity index is 2.04. The van der Waals surface area contributed by atoms with E-state index < -0.39 is 45.8 Å². The Bertz CT molecular complexity index is 1390. The fourth-order valence-electron chi connectivity index (χ4n) is 3.78. The highest BCUT2D eigenvalue weighted by atomic mass is 79.9. The van der Waals surface area contributed by atoms with E-state index in [1.807, 2.05) is 32.9 Å². The molecule has 0 saturated carbocycles. The third-order valence-corrected chi connectivity index (χ3v) is 7.91. The summed E-state index contributed by atoms with van der Waals surface area (Å²) in [6.07, 6.45) is 0. The maximum Gasteiger partial charge on any atom is 0.264 e. The molecule has 0 spiro atoms. The van der Waals surface area contributed by atoms with Gasteiger partial charge in [0.25, 0.3) is 10.0 Å². The molecule has 0 bridgehead atoms. The van der Waals surface area contributed by atoms with Crippen LogP contribution >= 0.6 is 15.9 Å². The number of nitrogens with one attached hydrogen (secondary N) is 1. The van der Waals surface area contributed by atoms with Gasteiger partial charge >= 0.3 is 0 Å². The van der Waals surface area contributed by atoms with E-state index in [-0.39, 0.29) is 17.1 Å². The van der Waals surface area contributed by atoms with Crippen molar-refractivity contribution in [3.63, 3.8) is 0 Å². The Morgan fingerprint density at radius 2 is 1.61 bits per heavy atom. The van der Waals surface area contributed by atoms with Gasteiger partial charge in [-0.25, -0.2) is 12.8 Å². The fraction of sp³-hybridized carbons (Fsp3) is 0.286. The van der Waals surface area contributed by atoms with Crippen LogP contribution < -0.4 is 9.62 Å². The number of nitrogens with zero attached hydrogens (tertiary/aromatic N) is 2. The minimum atomic E-state index is -4.32. The molecule has 202 valence electrons. The molecule has 0 heterocycles. The number of halogens is 2. The van der Waals surface area contributed by atoms with Crippen LogP contribution in [0.25, 0.3) is 0 Å². The largest absolute Gasteiger partial charge is 0.350 e. The molecular weight excluding hydrogens is 573 g/mol. The summed E-state index contributed by atoms with van der Waals surface area (Å²) >= 11 is 3.41. The summed E-state index contributed by atoms with van der Waals surface area (Å²) in [5.41, 5.74) is -0.0866. The average Bonchev–Trinajstić information content (AvgIpc) is 2.85. The third-order valence-electron chi connectivity index (χ3n) is 5.64. The highest BCUT2D eigenvalue weighted by Crippen LogP contribution is 2.27. The first kappa shape index (κ1) is 29.3. The number of sulfonamides is 1. The van der Waals surface area contributed by atoms with Crippen molar-refractivity contribution in [1.29, 1.82) is 0 Å². The Morgan fingerprint density at radius 3 is 2.21 bits per heavy atom. The Hall–Kier alpha value is -3.24. The molecule has 0 unspecified atom stereocenters. The van der Waals surface area contributed by atoms with Crippen LogP contribution in [0.15, 0.2) is 88.2 Å². The number of benzene rings is 3. The first-order valence-corrected chi connectivity index (χ1v) is 14.2. The van der Waals surface area contributed by atoms with Gasteiger partial charge in [0, 0.05) is 16.6 Å². The van der Waals surface area contributed by atoms with Crippen LogP contribution in [0.5, 0.6) is 0 Å². The monoisotopic (exact) mass is 603 g/mol. The number of para-hydroxylation sites is 1. The zero-order valence-electron chi connectivity index (χ0n) is 21.7. The molecule has 1 atom stereocenters. The van der Waals surface area contributed by atoms with Crippen molar-refractivity contribution in [2.75, 3.05) is 10.8 Å². The molecule has 3 rings (SSSR count). The molecule has 3 aromatic rings. The lowest BCUT2D eigenvalue weighted by Crippen LogP contribution is -2.54. The maximum atomic E-state index is 14.9. The highest BCUT2D eigenvalue weighted by Gasteiger charge is 2.34. The maximum absolute atomic E-state index is 14.9. The number of rotatable bonds is 9. The standard InChI is InChI=1S/C28H31BrFN3O4S/c1-20(27(35)31-28(2,3)4)32(18-21-11-10-12-22(29)17-21)26(34)19-33(25-16-9-8-15-24(25)30)38(36,37)23-13-6-5-7-14-23/h5-17,20H,18-19H2,1-4H3,(H,31,35)/t20-/m1/s1. The Kier molecular flexibility index (Phi) is 9.32. The summed E-state index contributed by atoms with van der Waals surface area (Å²) in [5.74, 6) is -1.86. The molecule has 3 aromatic carbocycles. The normalized spacial score (nSPS) is 12.5. The predicted octanol–water partition coefficient (Wildman–Crippen LogP) is 5.12. The topological polar surface area (TPSA) is 86.8 Å². The van der Waals surface area contributed by atoms with Gasteiger partial charge in [0.15, 0.2) is 0 Å². The lowest BCUT2D eigenvalue weighted by molar-refractivity contribution is -0.140. The van der Waals surface area contributed by atoms with E-state index in [0.717, 1.165) is 20.4 Å². The molecule has 0 aliphatic rings. The van der Waals surface area contributed by atoms with E-state index in [0.29, 0.717) is 0 Å². The summed E-state index contributed by atoms with van der Waals surface area (Å²) in [6.45, 7) is 6.38. The highest BCUT2D eigenvalue weighted by molar-refractivity contribution is 9.10. The summed E-state index contributed by atoms with van der Waals surface area (Å²) in [5, 5.41) is 2.87. The van der Waals surface area contributed by atoms with Gasteiger partial charge in [-0.3, -0.25) is 13.9 Å². The molecule has 0 saturated heterocycles. The van der Waals surface area contributed by atoms with E-state index in [1.165, 1.54) is 35.2 Å². The van der Waals surface area contributed by atoms with Gasteiger partial charge in [-0.2, -0.15) is 0 Å². The summed E-state index contributed by atoms with van der Waals surface area (Å²) in [4.78, 5) is 28.1. The van der Waals surface area contributed by atoms with Crippen LogP contribution in [-0.4, -0.2) is 43.3 Å². The lowest BCUT2D eigenvalue weighted by Gasteiger charge is -2.33. The smallest absolute Gasteiger partial charge is 0.264 e. The van der Waals surface area contributed by atoms with Crippen LogP contribution in [-0.2, 0) is 26.2 Å². The zero-order valence-corrected chi connectivity index (χ0v) is 24.1. The Morgan fingerprint density at radius 1 is 0.974 bits per heavy atom. The van der Waals surface area contributed by atoms with E-state index in [1.54, 1.807) is 37.3 Å². The van der Waals surface area contributed by atoms with Crippen molar-refractivity contribution in [3.05, 3.63) is 94.7 Å². The fourth-order valence-corrected chi connectivity index (χ4v) is 5.67. The minimum absolute atomic E-state index is 0.0352. The second-order valence-electron chi connectivity index (χ2n) is 9.84. The number of carbonyl (C=O) groups excluding carboxylic acids is 2. The van der Waals surface area contributed by atoms with E-state index in [9.17, 15) is 22.4 Å². The number of carbonyl (C=O) groups is 2. The molecule has 0 aliphatic carbocycles. The van der Waals surface area contributed by atoms with Crippen LogP contribution in [0.3, 0.4) is 0 Å². The number of amides is 2. The van der Waals surface area contributed by atoms with Gasteiger partial charge in [0.05, 0.1) is 10.6 Å². The van der Waals surface area contributed by atoms with Crippen molar-refractivity contribution >= 4 is 43.5 Å². The molecule has 0 aromatic heterocycles. The quantitative estimate of drug-likeness (QED) is 0.368. The van der Waals surface area contributed by atoms with E-state index in [2.05, 4.69) is 21.2 Å². The van der Waals surface area contributed by atoms with Crippen LogP contribution in [0.1, 0.15) is 33.3 Å². The SMILES string of the molecule is C[C@H](C(=O)NC(C)(C)C)N(Cc1cccc(Br)c1)C(=O)CN(c1ccccc1F)S(=O)(=O)c1ccccc1. The number of anilines is 1. The molecule has 1 N–H and O–H groups in total. The number of hydrogen-bond donors (Lipinski definition) is 1. The number of hydrogen-bond acceptors (Lipinski definition) is 4. The molecule has 38 heavy (non-hydrogen) atoms. The first-order valence-electron chi connectivity index (χ1n) is 12.0. The molecule has 0 aliphatic heterocycles. The minimum Gasteiger partial charge on any atom is -0.350 e. The molecule has 2 amide bonds. The average molecular weight is 605 g/mol. The van der Waals surface area contributed by atoms with Gasteiger partial charge in [-0.05, 0) is 69.7 Å².